The highest BCUT2D eigenvalue weighted by Crippen LogP contribution is 2.56. The van der Waals surface area contributed by atoms with Crippen LogP contribution in [-0.2, 0) is 19.1 Å². The lowest BCUT2D eigenvalue weighted by Crippen LogP contribution is -2.42. The van der Waals surface area contributed by atoms with Crippen molar-refractivity contribution in [1.29, 1.82) is 0 Å². The van der Waals surface area contributed by atoms with Gasteiger partial charge >= 0.3 is 5.97 Å². The highest BCUT2D eigenvalue weighted by Gasteiger charge is 2.66. The number of carbonyl (C=O) groups is 2. The van der Waals surface area contributed by atoms with Crippen LogP contribution < -0.4 is 0 Å². The number of amides is 1. The quantitative estimate of drug-likeness (QED) is 0.796. The molecule has 1 amide bonds. The summed E-state index contributed by atoms with van der Waals surface area (Å²) in [4.78, 5) is 27.4. The monoisotopic (exact) mass is 329 g/mol. The SMILES string of the molecule is CO[C@H](C(=O)O[C@H]1C(=O)N2CC[C@H]3CC[C@@H]1[C@]32C)c1ccccc1. The van der Waals surface area contributed by atoms with Gasteiger partial charge in [0.1, 0.15) is 0 Å². The molecule has 3 aliphatic rings. The van der Waals surface area contributed by atoms with Gasteiger partial charge in [-0.3, -0.25) is 4.79 Å². The Balaban J connectivity index is 1.55. The summed E-state index contributed by atoms with van der Waals surface area (Å²) in [6.45, 7) is 2.95. The van der Waals surface area contributed by atoms with E-state index in [0.29, 0.717) is 5.92 Å². The zero-order valence-corrected chi connectivity index (χ0v) is 14.1. The molecule has 3 fully saturated rings. The van der Waals surface area contributed by atoms with Gasteiger partial charge in [-0.15, -0.1) is 0 Å². The number of rotatable bonds is 4. The van der Waals surface area contributed by atoms with Gasteiger partial charge in [0.05, 0.1) is 0 Å². The Bertz CT molecular complexity index is 661. The first-order chi connectivity index (χ1) is 11.6. The third-order valence-electron chi connectivity index (χ3n) is 6.36. The highest BCUT2D eigenvalue weighted by molar-refractivity contribution is 5.89. The van der Waals surface area contributed by atoms with Gasteiger partial charge in [0, 0.05) is 25.1 Å². The van der Waals surface area contributed by atoms with E-state index in [-0.39, 0.29) is 17.4 Å². The first-order valence-electron chi connectivity index (χ1n) is 8.67. The van der Waals surface area contributed by atoms with Gasteiger partial charge in [0.15, 0.2) is 12.2 Å². The predicted octanol–water partition coefficient (Wildman–Crippen LogP) is 2.32. The molecule has 2 aliphatic heterocycles. The third kappa shape index (κ3) is 2.04. The maximum Gasteiger partial charge on any atom is 0.340 e. The Morgan fingerprint density at radius 3 is 2.71 bits per heavy atom. The van der Waals surface area contributed by atoms with E-state index in [1.807, 2.05) is 35.2 Å². The van der Waals surface area contributed by atoms with Crippen molar-refractivity contribution in [3.63, 3.8) is 0 Å². The fraction of sp³-hybridized carbons (Fsp3) is 0.579. The van der Waals surface area contributed by atoms with Crippen molar-refractivity contribution in [2.75, 3.05) is 13.7 Å². The summed E-state index contributed by atoms with van der Waals surface area (Å²) in [5, 5.41) is 0. The summed E-state index contributed by atoms with van der Waals surface area (Å²) in [7, 11) is 1.49. The van der Waals surface area contributed by atoms with E-state index in [2.05, 4.69) is 6.92 Å². The molecular formula is C19H23NO4. The molecule has 24 heavy (non-hydrogen) atoms. The lowest BCUT2D eigenvalue weighted by molar-refractivity contribution is -0.167. The van der Waals surface area contributed by atoms with Crippen LogP contribution in [0.15, 0.2) is 30.3 Å². The maximum atomic E-state index is 12.8. The van der Waals surface area contributed by atoms with Crippen molar-refractivity contribution in [1.82, 2.24) is 4.90 Å². The molecule has 1 saturated carbocycles. The van der Waals surface area contributed by atoms with Crippen LogP contribution in [0.5, 0.6) is 0 Å². The van der Waals surface area contributed by atoms with Crippen LogP contribution in [0.4, 0.5) is 0 Å². The standard InChI is InChI=1S/C19H23NO4/c1-19-13-8-9-14(19)16(17(21)20(19)11-10-13)24-18(22)15(23-2)12-6-4-3-5-7-12/h3-7,13-16H,8-11H2,1-2H3/t13-,14+,15+,16-,19+/m1/s1. The van der Waals surface area contributed by atoms with Gasteiger partial charge in [0.25, 0.3) is 5.91 Å². The van der Waals surface area contributed by atoms with E-state index in [4.69, 9.17) is 9.47 Å². The van der Waals surface area contributed by atoms with Crippen molar-refractivity contribution in [3.05, 3.63) is 35.9 Å². The molecule has 5 atom stereocenters. The number of nitrogens with zero attached hydrogens (tertiary/aromatic N) is 1. The molecule has 128 valence electrons. The van der Waals surface area contributed by atoms with Crippen LogP contribution in [0, 0.1) is 11.8 Å². The summed E-state index contributed by atoms with van der Waals surface area (Å²) in [6, 6.07) is 9.26. The molecule has 4 rings (SSSR count). The zero-order valence-electron chi connectivity index (χ0n) is 14.1. The predicted molar refractivity (Wildman–Crippen MR) is 87.0 cm³/mol. The molecule has 5 heteroatoms. The lowest BCUT2D eigenvalue weighted by atomic mass is 9.84. The minimum atomic E-state index is -0.792. The highest BCUT2D eigenvalue weighted by atomic mass is 16.6. The first kappa shape index (κ1) is 15.6. The fourth-order valence-corrected chi connectivity index (χ4v) is 5.10. The van der Waals surface area contributed by atoms with Crippen LogP contribution in [-0.4, -0.2) is 42.1 Å². The number of ether oxygens (including phenoxy) is 2. The second kappa shape index (κ2) is 5.59. The Morgan fingerprint density at radius 2 is 2.00 bits per heavy atom. The maximum absolute atomic E-state index is 12.8. The van der Waals surface area contributed by atoms with E-state index in [1.54, 1.807) is 0 Å². The van der Waals surface area contributed by atoms with Crippen LogP contribution in [0.3, 0.4) is 0 Å². The van der Waals surface area contributed by atoms with Gasteiger partial charge in [-0.2, -0.15) is 0 Å². The summed E-state index contributed by atoms with van der Waals surface area (Å²) in [5.41, 5.74) is 0.614. The molecule has 1 aliphatic carbocycles. The molecule has 0 bridgehead atoms. The van der Waals surface area contributed by atoms with Crippen LogP contribution in [0.25, 0.3) is 0 Å². The number of carbonyl (C=O) groups excluding carboxylic acids is 2. The average molecular weight is 329 g/mol. The van der Waals surface area contributed by atoms with Gasteiger partial charge in [-0.1, -0.05) is 30.3 Å². The topological polar surface area (TPSA) is 55.8 Å². The number of hydrogen-bond acceptors (Lipinski definition) is 4. The summed E-state index contributed by atoms with van der Waals surface area (Å²) in [6.07, 6.45) is 1.69. The Hall–Kier alpha value is -1.88. The van der Waals surface area contributed by atoms with Crippen molar-refractivity contribution in [2.24, 2.45) is 11.8 Å². The van der Waals surface area contributed by atoms with Gasteiger partial charge < -0.3 is 14.4 Å². The molecule has 0 N–H and O–H groups in total. The molecule has 2 heterocycles. The smallest absolute Gasteiger partial charge is 0.340 e. The number of hydrogen-bond donors (Lipinski definition) is 0. The third-order valence-corrected chi connectivity index (χ3v) is 6.36. The molecule has 0 spiro atoms. The minimum Gasteiger partial charge on any atom is -0.450 e. The minimum absolute atomic E-state index is 0.0269. The molecule has 2 saturated heterocycles. The van der Waals surface area contributed by atoms with Crippen molar-refractivity contribution in [3.8, 4) is 0 Å². The molecule has 5 nitrogen and oxygen atoms in total. The first-order valence-corrected chi connectivity index (χ1v) is 8.67. The normalized spacial score (nSPS) is 35.2. The fourth-order valence-electron chi connectivity index (χ4n) is 5.10. The Labute approximate surface area is 141 Å². The van der Waals surface area contributed by atoms with E-state index in [9.17, 15) is 9.59 Å². The van der Waals surface area contributed by atoms with E-state index >= 15 is 0 Å². The Kier molecular flexibility index (Phi) is 3.64. The molecular weight excluding hydrogens is 306 g/mol. The van der Waals surface area contributed by atoms with Gasteiger partial charge in [0.2, 0.25) is 0 Å². The van der Waals surface area contributed by atoms with E-state index in [1.165, 1.54) is 7.11 Å². The zero-order chi connectivity index (χ0) is 16.9. The molecule has 0 aromatic heterocycles. The molecule has 1 aromatic carbocycles. The summed E-state index contributed by atoms with van der Waals surface area (Å²) in [5.74, 6) is 0.147. The lowest BCUT2D eigenvalue weighted by Gasteiger charge is -2.31. The molecule has 1 aromatic rings. The van der Waals surface area contributed by atoms with Gasteiger partial charge in [-0.05, 0) is 37.7 Å². The number of esters is 1. The van der Waals surface area contributed by atoms with Crippen LogP contribution >= 0.6 is 0 Å². The van der Waals surface area contributed by atoms with Crippen molar-refractivity contribution in [2.45, 2.75) is 43.9 Å². The molecule has 0 radical (unpaired) electrons. The Morgan fingerprint density at radius 1 is 1.25 bits per heavy atom. The van der Waals surface area contributed by atoms with Gasteiger partial charge in [-0.25, -0.2) is 4.79 Å². The van der Waals surface area contributed by atoms with E-state index < -0.39 is 18.2 Å². The largest absolute Gasteiger partial charge is 0.450 e. The second-order valence-electron chi connectivity index (χ2n) is 7.27. The van der Waals surface area contributed by atoms with Crippen molar-refractivity contribution < 1.29 is 19.1 Å². The van der Waals surface area contributed by atoms with E-state index in [0.717, 1.165) is 31.4 Å². The summed E-state index contributed by atoms with van der Waals surface area (Å²) < 4.78 is 11.1. The number of benzene rings is 1. The van der Waals surface area contributed by atoms with Crippen LogP contribution in [0.2, 0.25) is 0 Å². The number of methoxy groups -OCH3 is 1. The second-order valence-corrected chi connectivity index (χ2v) is 7.27. The van der Waals surface area contributed by atoms with Crippen molar-refractivity contribution >= 4 is 11.9 Å². The molecule has 0 unspecified atom stereocenters. The van der Waals surface area contributed by atoms with Crippen LogP contribution in [0.1, 0.15) is 37.9 Å². The average Bonchev–Trinajstić information content (AvgIpc) is 3.15. The summed E-state index contributed by atoms with van der Waals surface area (Å²) >= 11 is 0.